The van der Waals surface area contributed by atoms with E-state index in [0.29, 0.717) is 18.3 Å². The third-order valence-electron chi connectivity index (χ3n) is 4.60. The van der Waals surface area contributed by atoms with Crippen molar-refractivity contribution in [2.24, 2.45) is 10.9 Å². The van der Waals surface area contributed by atoms with Gasteiger partial charge in [-0.3, -0.25) is 9.20 Å². The zero-order chi connectivity index (χ0) is 17.2. The van der Waals surface area contributed by atoms with Gasteiger partial charge in [0.1, 0.15) is 0 Å². The molecule has 3 unspecified atom stereocenters. The van der Waals surface area contributed by atoms with Crippen LogP contribution in [-0.2, 0) is 10.8 Å². The lowest BCUT2D eigenvalue weighted by molar-refractivity contribution is 0.298. The lowest BCUT2D eigenvalue weighted by atomic mass is 9.84. The van der Waals surface area contributed by atoms with Crippen molar-refractivity contribution in [2.75, 3.05) is 18.8 Å². The standard InChI is InChI=1S/C19H31N3OS.HI/c1-3-16-9-8-10-17(15-16)22-19(20-4-2)21-13-14-24(23)18-11-6-5-7-12-18;/h5-7,11-12,16-17H,3-4,8-10,13-15H2,1-2H3,(H2,20,21,22);1H. The van der Waals surface area contributed by atoms with Gasteiger partial charge in [0, 0.05) is 23.2 Å². The fourth-order valence-corrected chi connectivity index (χ4v) is 4.19. The Balaban J connectivity index is 0.00000312. The molecule has 0 aromatic heterocycles. The van der Waals surface area contributed by atoms with Crippen molar-refractivity contribution >= 4 is 40.7 Å². The molecule has 0 saturated heterocycles. The Morgan fingerprint density at radius 1 is 1.24 bits per heavy atom. The van der Waals surface area contributed by atoms with Crippen molar-refractivity contribution in [2.45, 2.75) is 56.9 Å². The van der Waals surface area contributed by atoms with Crippen molar-refractivity contribution in [3.05, 3.63) is 30.3 Å². The average Bonchev–Trinajstić information content (AvgIpc) is 2.62. The zero-order valence-corrected chi connectivity index (χ0v) is 18.5. The molecule has 2 N–H and O–H groups in total. The summed E-state index contributed by atoms with van der Waals surface area (Å²) in [6.45, 7) is 5.78. The van der Waals surface area contributed by atoms with Gasteiger partial charge in [-0.2, -0.15) is 0 Å². The van der Waals surface area contributed by atoms with E-state index in [-0.39, 0.29) is 24.0 Å². The van der Waals surface area contributed by atoms with Crippen molar-refractivity contribution in [3.8, 4) is 0 Å². The van der Waals surface area contributed by atoms with E-state index in [1.165, 1.54) is 32.1 Å². The highest BCUT2D eigenvalue weighted by Crippen LogP contribution is 2.26. The molecule has 0 bridgehead atoms. The minimum atomic E-state index is -0.980. The Kier molecular flexibility index (Phi) is 11.4. The number of aliphatic imine (C=N–C) groups is 1. The van der Waals surface area contributed by atoms with Crippen molar-refractivity contribution in [1.29, 1.82) is 0 Å². The lowest BCUT2D eigenvalue weighted by Gasteiger charge is -2.30. The third kappa shape index (κ3) is 8.07. The van der Waals surface area contributed by atoms with Crippen LogP contribution in [0.4, 0.5) is 0 Å². The summed E-state index contributed by atoms with van der Waals surface area (Å²) in [5.41, 5.74) is 0. The summed E-state index contributed by atoms with van der Waals surface area (Å²) >= 11 is 0. The molecular formula is C19H32IN3OS. The molecule has 1 saturated carbocycles. The smallest absolute Gasteiger partial charge is 0.191 e. The topological polar surface area (TPSA) is 53.5 Å². The first kappa shape index (κ1) is 22.4. The van der Waals surface area contributed by atoms with E-state index in [0.717, 1.165) is 23.3 Å². The number of halogens is 1. The van der Waals surface area contributed by atoms with Crippen molar-refractivity contribution in [1.82, 2.24) is 10.6 Å². The third-order valence-corrected chi connectivity index (χ3v) is 5.95. The number of guanidine groups is 1. The number of rotatable bonds is 7. The molecule has 0 spiro atoms. The van der Waals surface area contributed by atoms with E-state index in [4.69, 9.17) is 0 Å². The molecule has 1 fully saturated rings. The van der Waals surface area contributed by atoms with Crippen LogP contribution in [0.15, 0.2) is 40.2 Å². The molecule has 1 aliphatic rings. The van der Waals surface area contributed by atoms with Crippen LogP contribution >= 0.6 is 24.0 Å². The van der Waals surface area contributed by atoms with Crippen LogP contribution in [0.3, 0.4) is 0 Å². The van der Waals surface area contributed by atoms with Gasteiger partial charge in [-0.15, -0.1) is 24.0 Å². The predicted octanol–water partition coefficient (Wildman–Crippen LogP) is 3.94. The molecule has 3 atom stereocenters. The molecule has 0 amide bonds. The lowest BCUT2D eigenvalue weighted by Crippen LogP contribution is -2.45. The van der Waals surface area contributed by atoms with Gasteiger partial charge >= 0.3 is 0 Å². The van der Waals surface area contributed by atoms with E-state index < -0.39 is 10.8 Å². The van der Waals surface area contributed by atoms with Crippen LogP contribution < -0.4 is 10.6 Å². The summed E-state index contributed by atoms with van der Waals surface area (Å²) in [4.78, 5) is 5.50. The molecular weight excluding hydrogens is 445 g/mol. The summed E-state index contributed by atoms with van der Waals surface area (Å²) in [6, 6.07) is 10.1. The second-order valence-electron chi connectivity index (χ2n) is 6.41. The van der Waals surface area contributed by atoms with Crippen molar-refractivity contribution < 1.29 is 4.21 Å². The highest BCUT2D eigenvalue weighted by atomic mass is 127. The van der Waals surface area contributed by atoms with Gasteiger partial charge in [0.15, 0.2) is 5.96 Å². The van der Waals surface area contributed by atoms with Crippen LogP contribution in [0.2, 0.25) is 0 Å². The first-order chi connectivity index (χ1) is 11.7. The minimum Gasteiger partial charge on any atom is -0.357 e. The van der Waals surface area contributed by atoms with Crippen LogP contribution in [0.25, 0.3) is 0 Å². The van der Waals surface area contributed by atoms with E-state index in [1.807, 2.05) is 30.3 Å². The number of nitrogens with one attached hydrogen (secondary N) is 2. The first-order valence-electron chi connectivity index (χ1n) is 9.21. The predicted molar refractivity (Wildman–Crippen MR) is 118 cm³/mol. The summed E-state index contributed by atoms with van der Waals surface area (Å²) < 4.78 is 12.3. The Hall–Kier alpha value is -0.630. The molecule has 142 valence electrons. The van der Waals surface area contributed by atoms with Gasteiger partial charge in [-0.05, 0) is 37.8 Å². The monoisotopic (exact) mass is 477 g/mol. The fraction of sp³-hybridized carbons (Fsp3) is 0.632. The number of nitrogens with zero attached hydrogens (tertiary/aromatic N) is 1. The minimum absolute atomic E-state index is 0. The van der Waals surface area contributed by atoms with Crippen LogP contribution in [-0.4, -0.2) is 35.1 Å². The number of benzene rings is 1. The highest BCUT2D eigenvalue weighted by Gasteiger charge is 2.21. The summed E-state index contributed by atoms with van der Waals surface area (Å²) in [5, 5.41) is 6.89. The Morgan fingerprint density at radius 3 is 2.68 bits per heavy atom. The molecule has 1 aromatic carbocycles. The number of hydrogen-bond acceptors (Lipinski definition) is 2. The molecule has 1 aromatic rings. The molecule has 4 nitrogen and oxygen atoms in total. The first-order valence-corrected chi connectivity index (χ1v) is 10.5. The van der Waals surface area contributed by atoms with Crippen LogP contribution in [0, 0.1) is 5.92 Å². The molecule has 2 rings (SSSR count). The van der Waals surface area contributed by atoms with Gasteiger partial charge in [0.05, 0.1) is 17.3 Å². The maximum Gasteiger partial charge on any atom is 0.191 e. The normalized spacial score (nSPS) is 21.9. The van der Waals surface area contributed by atoms with E-state index >= 15 is 0 Å². The highest BCUT2D eigenvalue weighted by molar-refractivity contribution is 14.0. The van der Waals surface area contributed by atoms with Gasteiger partial charge in [0.25, 0.3) is 0 Å². The van der Waals surface area contributed by atoms with Crippen LogP contribution in [0.5, 0.6) is 0 Å². The largest absolute Gasteiger partial charge is 0.357 e. The zero-order valence-electron chi connectivity index (χ0n) is 15.4. The molecule has 25 heavy (non-hydrogen) atoms. The average molecular weight is 477 g/mol. The summed E-state index contributed by atoms with van der Waals surface area (Å²) in [7, 11) is -0.980. The van der Waals surface area contributed by atoms with Gasteiger partial charge in [0.2, 0.25) is 0 Å². The maximum absolute atomic E-state index is 12.3. The molecule has 6 heteroatoms. The van der Waals surface area contributed by atoms with Gasteiger partial charge < -0.3 is 10.6 Å². The van der Waals surface area contributed by atoms with Gasteiger partial charge in [-0.1, -0.05) is 44.4 Å². The fourth-order valence-electron chi connectivity index (χ4n) is 3.24. The van der Waals surface area contributed by atoms with E-state index in [1.54, 1.807) is 0 Å². The Labute approximate surface area is 172 Å². The van der Waals surface area contributed by atoms with Gasteiger partial charge in [-0.25, -0.2) is 0 Å². The van der Waals surface area contributed by atoms with E-state index in [2.05, 4.69) is 29.5 Å². The van der Waals surface area contributed by atoms with Crippen LogP contribution in [0.1, 0.15) is 46.0 Å². The second-order valence-corrected chi connectivity index (χ2v) is 7.98. The SMILES string of the molecule is CCNC(=NCCS(=O)c1ccccc1)NC1CCCC(CC)C1.I. The summed E-state index contributed by atoms with van der Waals surface area (Å²) in [6.07, 6.45) is 6.38. The Morgan fingerprint density at radius 2 is 2.00 bits per heavy atom. The number of hydrogen-bond donors (Lipinski definition) is 2. The maximum atomic E-state index is 12.3. The molecule has 0 heterocycles. The second kappa shape index (κ2) is 12.7. The summed E-state index contributed by atoms with van der Waals surface area (Å²) in [5.74, 6) is 2.26. The Bertz CT molecular complexity index is 539. The van der Waals surface area contributed by atoms with Crippen molar-refractivity contribution in [3.63, 3.8) is 0 Å². The quantitative estimate of drug-likeness (QED) is 0.356. The molecule has 0 aliphatic heterocycles. The molecule has 1 aliphatic carbocycles. The van der Waals surface area contributed by atoms with E-state index in [9.17, 15) is 4.21 Å². The molecule has 0 radical (unpaired) electrons.